The van der Waals surface area contributed by atoms with Crippen molar-refractivity contribution in [3.8, 4) is 11.5 Å². The molecule has 0 aliphatic heterocycles. The zero-order chi connectivity index (χ0) is 15.4. The normalized spacial score (nSPS) is 13.3. The van der Waals surface area contributed by atoms with Crippen LogP contribution in [0, 0.1) is 0 Å². The maximum absolute atomic E-state index is 11.8. The fraction of sp³-hybridized carbons (Fsp3) is 0.278. The van der Waals surface area contributed by atoms with Crippen molar-refractivity contribution in [2.75, 3.05) is 6.61 Å². The Labute approximate surface area is 134 Å². The zero-order valence-corrected chi connectivity index (χ0v) is 12.9. The van der Waals surface area contributed by atoms with Crippen molar-refractivity contribution in [3.63, 3.8) is 0 Å². The van der Waals surface area contributed by atoms with Crippen molar-refractivity contribution < 1.29 is 14.3 Å². The first-order valence-electron chi connectivity index (χ1n) is 7.41. The lowest BCUT2D eigenvalue weighted by atomic mass is 9.92. The number of esters is 1. The summed E-state index contributed by atoms with van der Waals surface area (Å²) in [7, 11) is 0. The number of hydrogen-bond donors (Lipinski definition) is 0. The van der Waals surface area contributed by atoms with Crippen LogP contribution in [0.3, 0.4) is 0 Å². The molecule has 0 spiro atoms. The first-order chi connectivity index (χ1) is 10.7. The third kappa shape index (κ3) is 3.80. The lowest BCUT2D eigenvalue weighted by Gasteiger charge is -2.16. The van der Waals surface area contributed by atoms with Gasteiger partial charge in [0.2, 0.25) is 0 Å². The Bertz CT molecular complexity index is 665. The third-order valence-electron chi connectivity index (χ3n) is 3.72. The molecular weight excluding hydrogens is 300 g/mol. The number of benzene rings is 2. The molecule has 0 radical (unpaired) electrons. The maximum Gasteiger partial charge on any atom is 0.349 e. The second kappa shape index (κ2) is 6.84. The third-order valence-corrected chi connectivity index (χ3v) is 3.97. The number of aryl methyl sites for hydroxylation is 2. The summed E-state index contributed by atoms with van der Waals surface area (Å²) >= 11 is 5.79. The van der Waals surface area contributed by atoms with Crippen molar-refractivity contribution in [3.05, 3.63) is 58.6 Å². The molecular formula is C18H17ClO3. The van der Waals surface area contributed by atoms with Gasteiger partial charge < -0.3 is 9.47 Å². The van der Waals surface area contributed by atoms with E-state index < -0.39 is 5.97 Å². The van der Waals surface area contributed by atoms with Gasteiger partial charge in [0.15, 0.2) is 6.61 Å². The van der Waals surface area contributed by atoms with Gasteiger partial charge in [-0.05, 0) is 73.2 Å². The Hall–Kier alpha value is -2.00. The van der Waals surface area contributed by atoms with Gasteiger partial charge in [0.1, 0.15) is 11.5 Å². The van der Waals surface area contributed by atoms with E-state index in [2.05, 4.69) is 6.07 Å². The number of fused-ring (bicyclic) bond motifs is 1. The van der Waals surface area contributed by atoms with Crippen molar-refractivity contribution in [2.45, 2.75) is 25.7 Å². The first-order valence-corrected chi connectivity index (χ1v) is 7.79. The van der Waals surface area contributed by atoms with Crippen LogP contribution in [-0.2, 0) is 17.6 Å². The summed E-state index contributed by atoms with van der Waals surface area (Å²) < 4.78 is 10.7. The SMILES string of the molecule is O=C(COc1ccc(Cl)cc1)Oc1ccc2c(c1)CCCC2. The van der Waals surface area contributed by atoms with Gasteiger partial charge in [-0.1, -0.05) is 17.7 Å². The predicted octanol–water partition coefficient (Wildman–Crippen LogP) is 4.20. The van der Waals surface area contributed by atoms with Gasteiger partial charge in [0.05, 0.1) is 0 Å². The zero-order valence-electron chi connectivity index (χ0n) is 12.2. The summed E-state index contributed by atoms with van der Waals surface area (Å²) in [4.78, 5) is 11.8. The van der Waals surface area contributed by atoms with Crippen molar-refractivity contribution in [1.29, 1.82) is 0 Å². The van der Waals surface area contributed by atoms with Crippen molar-refractivity contribution in [1.82, 2.24) is 0 Å². The second-order valence-corrected chi connectivity index (χ2v) is 5.79. The molecule has 0 atom stereocenters. The number of rotatable bonds is 4. The quantitative estimate of drug-likeness (QED) is 0.626. The Morgan fingerprint density at radius 2 is 1.64 bits per heavy atom. The van der Waals surface area contributed by atoms with Gasteiger partial charge >= 0.3 is 5.97 Å². The van der Waals surface area contributed by atoms with Gasteiger partial charge in [0.25, 0.3) is 0 Å². The minimum absolute atomic E-state index is 0.126. The Morgan fingerprint density at radius 1 is 0.955 bits per heavy atom. The van der Waals surface area contributed by atoms with E-state index >= 15 is 0 Å². The minimum Gasteiger partial charge on any atom is -0.482 e. The average molecular weight is 317 g/mol. The highest BCUT2D eigenvalue weighted by Crippen LogP contribution is 2.25. The van der Waals surface area contributed by atoms with E-state index in [1.54, 1.807) is 24.3 Å². The molecule has 1 aliphatic carbocycles. The molecule has 0 N–H and O–H groups in total. The predicted molar refractivity (Wildman–Crippen MR) is 85.7 cm³/mol. The van der Waals surface area contributed by atoms with Crippen LogP contribution in [0.2, 0.25) is 5.02 Å². The summed E-state index contributed by atoms with van der Waals surface area (Å²) in [6.45, 7) is -0.126. The van der Waals surface area contributed by atoms with E-state index in [0.717, 1.165) is 12.8 Å². The molecule has 0 bridgehead atoms. The molecule has 2 aromatic carbocycles. The maximum atomic E-state index is 11.8. The molecule has 4 heteroatoms. The molecule has 22 heavy (non-hydrogen) atoms. The van der Waals surface area contributed by atoms with Crippen LogP contribution >= 0.6 is 11.6 Å². The van der Waals surface area contributed by atoms with Crippen LogP contribution in [0.5, 0.6) is 11.5 Å². The van der Waals surface area contributed by atoms with E-state index in [4.69, 9.17) is 21.1 Å². The molecule has 0 amide bonds. The molecule has 114 valence electrons. The highest BCUT2D eigenvalue weighted by atomic mass is 35.5. The summed E-state index contributed by atoms with van der Waals surface area (Å²) in [5.74, 6) is 0.767. The van der Waals surface area contributed by atoms with Crippen molar-refractivity contribution in [2.24, 2.45) is 0 Å². The van der Waals surface area contributed by atoms with E-state index in [1.165, 1.54) is 24.0 Å². The standard InChI is InChI=1S/C18H17ClO3/c19-15-6-9-16(10-7-15)21-12-18(20)22-17-8-5-13-3-1-2-4-14(13)11-17/h5-11H,1-4,12H2. The van der Waals surface area contributed by atoms with Crippen LogP contribution in [0.4, 0.5) is 0 Å². The van der Waals surface area contributed by atoms with Crippen LogP contribution in [0.1, 0.15) is 24.0 Å². The molecule has 0 unspecified atom stereocenters. The van der Waals surface area contributed by atoms with E-state index in [-0.39, 0.29) is 6.61 Å². The van der Waals surface area contributed by atoms with Gasteiger partial charge in [-0.25, -0.2) is 4.79 Å². The number of halogens is 1. The van der Waals surface area contributed by atoms with Gasteiger partial charge in [0, 0.05) is 5.02 Å². The molecule has 0 fully saturated rings. The topological polar surface area (TPSA) is 35.5 Å². The van der Waals surface area contributed by atoms with Gasteiger partial charge in [-0.3, -0.25) is 0 Å². The summed E-state index contributed by atoms with van der Waals surface area (Å²) in [6.07, 6.45) is 4.61. The first kappa shape index (κ1) is 14.9. The van der Waals surface area contributed by atoms with E-state index in [1.807, 2.05) is 12.1 Å². The highest BCUT2D eigenvalue weighted by molar-refractivity contribution is 6.30. The van der Waals surface area contributed by atoms with Crippen LogP contribution in [0.15, 0.2) is 42.5 Å². The second-order valence-electron chi connectivity index (χ2n) is 5.35. The molecule has 0 aromatic heterocycles. The van der Waals surface area contributed by atoms with E-state index in [9.17, 15) is 4.79 Å². The fourth-order valence-corrected chi connectivity index (χ4v) is 2.73. The molecule has 1 aliphatic rings. The Morgan fingerprint density at radius 3 is 2.41 bits per heavy atom. The molecule has 0 saturated carbocycles. The molecule has 0 heterocycles. The molecule has 0 saturated heterocycles. The minimum atomic E-state index is -0.411. The Kier molecular flexibility index (Phi) is 4.64. The Balaban J connectivity index is 1.56. The average Bonchev–Trinajstić information content (AvgIpc) is 2.54. The number of carbonyl (C=O) groups is 1. The lowest BCUT2D eigenvalue weighted by molar-refractivity contribution is -0.136. The highest BCUT2D eigenvalue weighted by Gasteiger charge is 2.12. The number of carbonyl (C=O) groups excluding carboxylic acids is 1. The summed E-state index contributed by atoms with van der Waals surface area (Å²) in [6, 6.07) is 12.7. The summed E-state index contributed by atoms with van der Waals surface area (Å²) in [5.41, 5.74) is 2.65. The van der Waals surface area contributed by atoms with Gasteiger partial charge in [-0.15, -0.1) is 0 Å². The molecule has 3 rings (SSSR count). The number of ether oxygens (including phenoxy) is 2. The van der Waals surface area contributed by atoms with E-state index in [0.29, 0.717) is 16.5 Å². The van der Waals surface area contributed by atoms with Crippen LogP contribution in [0.25, 0.3) is 0 Å². The van der Waals surface area contributed by atoms with Gasteiger partial charge in [-0.2, -0.15) is 0 Å². The summed E-state index contributed by atoms with van der Waals surface area (Å²) in [5, 5.41) is 0.629. The smallest absolute Gasteiger partial charge is 0.349 e. The van der Waals surface area contributed by atoms with Crippen molar-refractivity contribution >= 4 is 17.6 Å². The molecule has 2 aromatic rings. The monoisotopic (exact) mass is 316 g/mol. The van der Waals surface area contributed by atoms with Crippen LogP contribution < -0.4 is 9.47 Å². The largest absolute Gasteiger partial charge is 0.482 e. The fourth-order valence-electron chi connectivity index (χ4n) is 2.61. The number of hydrogen-bond acceptors (Lipinski definition) is 3. The molecule has 3 nitrogen and oxygen atoms in total. The lowest BCUT2D eigenvalue weighted by Crippen LogP contribution is -2.18. The van der Waals surface area contributed by atoms with Crippen LogP contribution in [-0.4, -0.2) is 12.6 Å².